The number of esters is 1. The minimum atomic E-state index is -0.305. The predicted octanol–water partition coefficient (Wildman–Crippen LogP) is 4.92. The number of allylic oxidation sites excluding steroid dienone is 1. The van der Waals surface area contributed by atoms with Crippen molar-refractivity contribution < 1.29 is 9.53 Å². The molecule has 29 heavy (non-hydrogen) atoms. The lowest BCUT2D eigenvalue weighted by Gasteiger charge is -2.31. The molecule has 2 unspecified atom stereocenters. The van der Waals surface area contributed by atoms with Crippen LogP contribution in [0.3, 0.4) is 0 Å². The number of rotatable bonds is 6. The topological polar surface area (TPSA) is 47.4 Å². The third-order valence-corrected chi connectivity index (χ3v) is 5.66. The highest BCUT2D eigenvalue weighted by molar-refractivity contribution is 5.94. The molecule has 0 N–H and O–H groups in total. The van der Waals surface area contributed by atoms with Crippen molar-refractivity contribution in [3.63, 3.8) is 0 Å². The van der Waals surface area contributed by atoms with Crippen LogP contribution < -0.4 is 4.90 Å². The first-order chi connectivity index (χ1) is 14.1. The van der Waals surface area contributed by atoms with Gasteiger partial charge in [-0.25, -0.2) is 9.78 Å². The van der Waals surface area contributed by atoms with Crippen LogP contribution in [0.4, 0.5) is 5.69 Å². The second-order valence-corrected chi connectivity index (χ2v) is 7.35. The predicted molar refractivity (Wildman–Crippen MR) is 116 cm³/mol. The highest BCUT2D eigenvalue weighted by atomic mass is 16.5. The number of nitrogens with zero attached hydrogens (tertiary/aromatic N) is 3. The van der Waals surface area contributed by atoms with E-state index >= 15 is 0 Å². The van der Waals surface area contributed by atoms with E-state index in [2.05, 4.69) is 71.4 Å². The van der Waals surface area contributed by atoms with E-state index in [9.17, 15) is 4.79 Å². The third kappa shape index (κ3) is 3.53. The summed E-state index contributed by atoms with van der Waals surface area (Å²) in [5.41, 5.74) is 2.50. The van der Waals surface area contributed by atoms with Crippen molar-refractivity contribution in [3.8, 4) is 0 Å². The molecule has 2 aromatic carbocycles. The molecule has 3 aromatic rings. The summed E-state index contributed by atoms with van der Waals surface area (Å²) in [6, 6.07) is 15.3. The average molecular weight is 389 g/mol. The van der Waals surface area contributed by atoms with E-state index in [1.165, 1.54) is 16.5 Å². The molecule has 0 aliphatic heterocycles. The first-order valence-corrected chi connectivity index (χ1v) is 10.3. The van der Waals surface area contributed by atoms with Crippen molar-refractivity contribution >= 4 is 22.4 Å². The van der Waals surface area contributed by atoms with Gasteiger partial charge in [-0.3, -0.25) is 0 Å². The fourth-order valence-corrected chi connectivity index (χ4v) is 4.30. The third-order valence-electron chi connectivity index (χ3n) is 5.66. The number of carbonyl (C=O) groups is 1. The molecular weight excluding hydrogens is 362 g/mol. The van der Waals surface area contributed by atoms with Gasteiger partial charge in [-0.15, -0.1) is 0 Å². The molecule has 0 fully saturated rings. The quantitative estimate of drug-likeness (QED) is 0.444. The Morgan fingerprint density at radius 2 is 1.97 bits per heavy atom. The number of benzene rings is 2. The number of carbonyl (C=O) groups excluding carboxylic acids is 1. The van der Waals surface area contributed by atoms with Gasteiger partial charge in [0.25, 0.3) is 0 Å². The summed E-state index contributed by atoms with van der Waals surface area (Å²) >= 11 is 0. The first-order valence-electron chi connectivity index (χ1n) is 10.3. The van der Waals surface area contributed by atoms with E-state index < -0.39 is 0 Å². The molecule has 2 atom stereocenters. The number of aryl methyl sites for hydroxylation is 1. The number of likely N-dealkylation sites (N-methyl/N-ethyl adjacent to an activating group) is 1. The molecule has 0 saturated carbocycles. The Labute approximate surface area is 171 Å². The van der Waals surface area contributed by atoms with E-state index in [0.717, 1.165) is 13.0 Å². The maximum Gasteiger partial charge on any atom is 0.356 e. The lowest BCUT2D eigenvalue weighted by atomic mass is 10.1. The minimum Gasteiger partial charge on any atom is -0.461 e. The molecule has 4 rings (SSSR count). The molecular formula is C24H27N3O2. The van der Waals surface area contributed by atoms with Gasteiger partial charge >= 0.3 is 5.97 Å². The van der Waals surface area contributed by atoms with Crippen LogP contribution >= 0.6 is 0 Å². The van der Waals surface area contributed by atoms with Crippen LogP contribution in [-0.4, -0.2) is 34.7 Å². The van der Waals surface area contributed by atoms with Crippen molar-refractivity contribution in [2.75, 3.05) is 18.1 Å². The van der Waals surface area contributed by atoms with E-state index in [1.54, 1.807) is 6.33 Å². The van der Waals surface area contributed by atoms with E-state index in [4.69, 9.17) is 4.74 Å². The summed E-state index contributed by atoms with van der Waals surface area (Å²) in [6.45, 7) is 7.13. The zero-order valence-corrected chi connectivity index (χ0v) is 17.2. The maximum atomic E-state index is 12.4. The number of fused-ring (bicyclic) bond motifs is 1. The van der Waals surface area contributed by atoms with Gasteiger partial charge in [-0.2, -0.15) is 0 Å². The highest BCUT2D eigenvalue weighted by Crippen LogP contribution is 2.34. The van der Waals surface area contributed by atoms with Crippen LogP contribution in [0.25, 0.3) is 10.8 Å². The molecule has 1 aromatic heterocycles. The van der Waals surface area contributed by atoms with Crippen LogP contribution in [-0.2, 0) is 4.74 Å². The monoisotopic (exact) mass is 389 g/mol. The molecule has 0 radical (unpaired) electrons. The van der Waals surface area contributed by atoms with E-state index in [0.29, 0.717) is 18.0 Å². The van der Waals surface area contributed by atoms with Gasteiger partial charge in [0, 0.05) is 23.7 Å². The Balaban J connectivity index is 1.62. The largest absolute Gasteiger partial charge is 0.461 e. The molecule has 0 spiro atoms. The Morgan fingerprint density at radius 3 is 2.76 bits per heavy atom. The molecule has 5 heteroatoms. The Hall–Kier alpha value is -3.08. The van der Waals surface area contributed by atoms with Gasteiger partial charge in [0.05, 0.1) is 24.7 Å². The number of anilines is 1. The van der Waals surface area contributed by atoms with Gasteiger partial charge in [0.2, 0.25) is 0 Å². The summed E-state index contributed by atoms with van der Waals surface area (Å²) in [6.07, 6.45) is 7.08. The van der Waals surface area contributed by atoms with Gasteiger partial charge in [0.15, 0.2) is 5.69 Å². The molecule has 150 valence electrons. The maximum absolute atomic E-state index is 12.4. The SMILES string of the molecule is CCOC(=O)c1c(C)ncn1C1C=CC(N(CC)c2cccc3ccccc23)C1. The van der Waals surface area contributed by atoms with Crippen LogP contribution in [0.1, 0.15) is 42.5 Å². The Kier molecular flexibility index (Phi) is 5.38. The summed E-state index contributed by atoms with van der Waals surface area (Å²) < 4.78 is 7.21. The lowest BCUT2D eigenvalue weighted by Crippen LogP contribution is -2.33. The molecule has 1 heterocycles. The van der Waals surface area contributed by atoms with Gasteiger partial charge in [0.1, 0.15) is 0 Å². The van der Waals surface area contributed by atoms with Crippen LogP contribution in [0, 0.1) is 6.92 Å². The molecule has 0 amide bonds. The zero-order chi connectivity index (χ0) is 20.4. The van der Waals surface area contributed by atoms with Crippen molar-refractivity contribution in [1.82, 2.24) is 9.55 Å². The van der Waals surface area contributed by atoms with Crippen LogP contribution in [0.2, 0.25) is 0 Å². The number of imidazole rings is 1. The minimum absolute atomic E-state index is 0.0876. The summed E-state index contributed by atoms with van der Waals surface area (Å²) in [5, 5.41) is 2.51. The van der Waals surface area contributed by atoms with Crippen molar-refractivity contribution in [3.05, 3.63) is 72.3 Å². The average Bonchev–Trinajstić information content (AvgIpc) is 3.36. The van der Waals surface area contributed by atoms with E-state index in [1.807, 2.05) is 18.4 Å². The van der Waals surface area contributed by atoms with Crippen molar-refractivity contribution in [2.24, 2.45) is 0 Å². The van der Waals surface area contributed by atoms with E-state index in [-0.39, 0.29) is 18.1 Å². The van der Waals surface area contributed by atoms with Crippen molar-refractivity contribution in [1.29, 1.82) is 0 Å². The number of ether oxygens (including phenoxy) is 1. The molecule has 0 saturated heterocycles. The fourth-order valence-electron chi connectivity index (χ4n) is 4.30. The van der Waals surface area contributed by atoms with Gasteiger partial charge in [-0.05, 0) is 38.6 Å². The van der Waals surface area contributed by atoms with Gasteiger partial charge < -0.3 is 14.2 Å². The van der Waals surface area contributed by atoms with Crippen LogP contribution in [0.15, 0.2) is 60.9 Å². The zero-order valence-electron chi connectivity index (χ0n) is 17.2. The summed E-state index contributed by atoms with van der Waals surface area (Å²) in [5.74, 6) is -0.305. The number of hydrogen-bond donors (Lipinski definition) is 0. The normalized spacial score (nSPS) is 18.3. The molecule has 1 aliphatic rings. The summed E-state index contributed by atoms with van der Waals surface area (Å²) in [4.78, 5) is 19.2. The fraction of sp³-hybridized carbons (Fsp3) is 0.333. The molecule has 5 nitrogen and oxygen atoms in total. The molecule has 1 aliphatic carbocycles. The smallest absolute Gasteiger partial charge is 0.356 e. The first kappa shape index (κ1) is 19.2. The second kappa shape index (κ2) is 8.11. The Morgan fingerprint density at radius 1 is 1.17 bits per heavy atom. The highest BCUT2D eigenvalue weighted by Gasteiger charge is 2.29. The summed E-state index contributed by atoms with van der Waals surface area (Å²) in [7, 11) is 0. The standard InChI is InChI=1S/C24H27N3O2/c1-4-26(22-12-8-10-18-9-6-7-11-21(18)22)19-13-14-20(15-19)27-16-25-17(3)23(27)24(28)29-5-2/h6-14,16,19-20H,4-5,15H2,1-3H3. The lowest BCUT2D eigenvalue weighted by molar-refractivity contribution is 0.0511. The second-order valence-electron chi connectivity index (χ2n) is 7.35. The molecule has 0 bridgehead atoms. The van der Waals surface area contributed by atoms with Crippen LogP contribution in [0.5, 0.6) is 0 Å². The number of aromatic nitrogens is 2. The van der Waals surface area contributed by atoms with Crippen molar-refractivity contribution in [2.45, 2.75) is 39.3 Å². The van der Waals surface area contributed by atoms with Gasteiger partial charge in [-0.1, -0.05) is 48.6 Å². The Bertz CT molecular complexity index is 1050. The number of hydrogen-bond acceptors (Lipinski definition) is 4.